The smallest absolute Gasteiger partial charge is 0.417 e. The lowest BCUT2D eigenvalue weighted by molar-refractivity contribution is -0.137. The SMILES string of the molecule is Clc1ccnc(Cl)n1.Cn1cc(-c2nccc(Oc3cccc(N)c3)n2)cn1.Cn1cc(-c2nccc(Oc3cccc(NC(=O)Nc4ccc(Cl)c(C(F)(F)F)c4)c3)n2)cn1.Nc1cccc(Oc2ccnc(Cl)n2)c1. The average molecular weight is 1130 g/mol. The number of ether oxygens (including phenoxy) is 3. The second-order valence-electron chi connectivity index (χ2n) is 15.3. The average Bonchev–Trinajstić information content (AvgIpc) is 4.04. The third-order valence-corrected chi connectivity index (χ3v) is 10.3. The topological polar surface area (TPSA) is 260 Å². The van der Waals surface area contributed by atoms with Gasteiger partial charge in [0.25, 0.3) is 0 Å². The van der Waals surface area contributed by atoms with Crippen molar-refractivity contribution in [3.63, 3.8) is 0 Å². The second-order valence-corrected chi connectivity index (χ2v) is 16.8. The van der Waals surface area contributed by atoms with Crippen LogP contribution in [0.1, 0.15) is 5.56 Å². The monoisotopic (exact) mass is 1120 g/mol. The van der Waals surface area contributed by atoms with Crippen LogP contribution in [-0.2, 0) is 20.3 Å². The minimum atomic E-state index is -4.64. The molecule has 6 heterocycles. The van der Waals surface area contributed by atoms with Crippen LogP contribution in [0.4, 0.5) is 40.7 Å². The number of hydrogen-bond donors (Lipinski definition) is 4. The summed E-state index contributed by atoms with van der Waals surface area (Å²) in [5.41, 5.74) is 13.4. The number of rotatable bonds is 10. The van der Waals surface area contributed by atoms with Gasteiger partial charge in [-0.3, -0.25) is 9.36 Å². The van der Waals surface area contributed by atoms with Gasteiger partial charge in [-0.25, -0.2) is 29.7 Å². The number of carbonyl (C=O) groups is 1. The van der Waals surface area contributed by atoms with E-state index in [-0.39, 0.29) is 22.1 Å². The van der Waals surface area contributed by atoms with Crippen LogP contribution in [0.3, 0.4) is 0 Å². The van der Waals surface area contributed by atoms with Gasteiger partial charge in [0.05, 0.1) is 34.1 Å². The molecule has 0 aliphatic rings. The molecule has 0 bridgehead atoms. The summed E-state index contributed by atoms with van der Waals surface area (Å²) >= 11 is 22.0. The van der Waals surface area contributed by atoms with Gasteiger partial charge >= 0.3 is 12.2 Å². The molecular weight excluding hydrogens is 1090 g/mol. The first-order valence-electron chi connectivity index (χ1n) is 22.0. The summed E-state index contributed by atoms with van der Waals surface area (Å²) in [4.78, 5) is 44.2. The van der Waals surface area contributed by atoms with E-state index in [0.717, 1.165) is 23.3 Å². The van der Waals surface area contributed by atoms with Crippen molar-refractivity contribution < 1.29 is 32.2 Å². The molecule has 392 valence electrons. The maximum atomic E-state index is 13.0. The van der Waals surface area contributed by atoms with Crippen molar-refractivity contribution in [1.29, 1.82) is 0 Å². The van der Waals surface area contributed by atoms with Crippen molar-refractivity contribution in [2.24, 2.45) is 14.1 Å². The number of benzene rings is 4. The van der Waals surface area contributed by atoms with Gasteiger partial charge < -0.3 is 36.3 Å². The van der Waals surface area contributed by atoms with Crippen molar-refractivity contribution in [3.8, 4) is 57.7 Å². The lowest BCUT2D eigenvalue weighted by atomic mass is 10.2. The third-order valence-electron chi connectivity index (χ3n) is 9.38. The van der Waals surface area contributed by atoms with E-state index in [9.17, 15) is 18.0 Å². The Morgan fingerprint density at radius 3 is 1.44 bits per heavy atom. The van der Waals surface area contributed by atoms with Gasteiger partial charge in [-0.15, -0.1) is 0 Å². The summed E-state index contributed by atoms with van der Waals surface area (Å²) in [6, 6.07) is 29.5. The lowest BCUT2D eigenvalue weighted by Gasteiger charge is -2.13. The molecule has 0 spiro atoms. The van der Waals surface area contributed by atoms with Crippen LogP contribution in [0.5, 0.6) is 34.9 Å². The molecule has 0 fully saturated rings. The Balaban J connectivity index is 0.000000168. The van der Waals surface area contributed by atoms with Crippen LogP contribution >= 0.6 is 46.4 Å². The van der Waals surface area contributed by atoms with Crippen LogP contribution in [-0.4, -0.2) is 65.5 Å². The van der Waals surface area contributed by atoms with Gasteiger partial charge in [0.2, 0.25) is 28.2 Å². The summed E-state index contributed by atoms with van der Waals surface area (Å²) < 4.78 is 59.2. The third kappa shape index (κ3) is 17.7. The molecule has 4 aromatic carbocycles. The number of alkyl halides is 3. The van der Waals surface area contributed by atoms with Crippen LogP contribution < -0.4 is 36.3 Å². The van der Waals surface area contributed by atoms with E-state index < -0.39 is 22.8 Å². The molecule has 0 radical (unpaired) electrons. The number of nitrogens with two attached hydrogens (primary N) is 2. The Bertz CT molecular complexity index is 3530. The van der Waals surface area contributed by atoms with E-state index in [0.29, 0.717) is 62.9 Å². The first-order chi connectivity index (χ1) is 36.9. The maximum absolute atomic E-state index is 13.0. The standard InChI is InChI=1S/C22H16ClF3N6O2.C14H13N5O.C10H8ClN3O.C4H2Cl2N2/c1-32-12-13(11-28-32)20-27-8-7-19(31-20)34-16-4-2-3-14(9-16)29-21(33)30-15-5-6-18(23)17(10-15)22(24,25)26;1-19-9-10(8-17-19)14-16-6-5-13(18-14)20-12-4-2-3-11(15)7-12;11-10-13-5-4-9(14-10)15-8-3-1-2-7(12)6-8;5-3-1-2-7-4(6)8-3/h2-12H,1H3,(H2,29,30,33);2-9H,15H2,1H3;1-6H,12H2;1-2H. The van der Waals surface area contributed by atoms with Crippen molar-refractivity contribution in [3.05, 3.63) is 191 Å². The molecule has 0 aliphatic heterocycles. The first kappa shape index (κ1) is 55.6. The number of amides is 2. The van der Waals surface area contributed by atoms with Crippen molar-refractivity contribution in [1.82, 2.24) is 59.4 Å². The van der Waals surface area contributed by atoms with E-state index in [1.54, 1.807) is 126 Å². The van der Waals surface area contributed by atoms with Crippen LogP contribution in [0.25, 0.3) is 22.8 Å². The summed E-state index contributed by atoms with van der Waals surface area (Å²) in [6.45, 7) is 0. The highest BCUT2D eigenvalue weighted by atomic mass is 35.5. The molecular formula is C50H39Cl4F3N16O4. The minimum absolute atomic E-state index is 0.0643. The van der Waals surface area contributed by atoms with Crippen molar-refractivity contribution in [2.45, 2.75) is 6.18 Å². The molecule has 27 heteroatoms. The molecule has 0 aliphatic carbocycles. The quantitative estimate of drug-likeness (QED) is 0.0564. The number of anilines is 4. The molecule has 77 heavy (non-hydrogen) atoms. The largest absolute Gasteiger partial charge is 0.439 e. The predicted molar refractivity (Wildman–Crippen MR) is 285 cm³/mol. The molecule has 0 saturated heterocycles. The van der Waals surface area contributed by atoms with E-state index in [1.165, 1.54) is 24.5 Å². The minimum Gasteiger partial charge on any atom is -0.439 e. The Labute approximate surface area is 455 Å². The Morgan fingerprint density at radius 2 is 1.00 bits per heavy atom. The van der Waals surface area contributed by atoms with E-state index in [2.05, 4.69) is 60.7 Å². The number of urea groups is 1. The summed E-state index contributed by atoms with van der Waals surface area (Å²) in [7, 11) is 3.62. The highest BCUT2D eigenvalue weighted by Crippen LogP contribution is 2.36. The molecule has 0 atom stereocenters. The van der Waals surface area contributed by atoms with E-state index >= 15 is 0 Å². The molecule has 10 rings (SSSR count). The number of aryl methyl sites for hydroxylation is 2. The van der Waals surface area contributed by atoms with Crippen LogP contribution in [0.15, 0.2) is 165 Å². The molecule has 6 aromatic heterocycles. The zero-order valence-electron chi connectivity index (χ0n) is 39.9. The fourth-order valence-electron chi connectivity index (χ4n) is 6.11. The highest BCUT2D eigenvalue weighted by molar-refractivity contribution is 6.32. The number of carbonyl (C=O) groups excluding carboxylic acids is 1. The first-order valence-corrected chi connectivity index (χ1v) is 23.5. The summed E-state index contributed by atoms with van der Waals surface area (Å²) in [5.74, 6) is 3.76. The maximum Gasteiger partial charge on any atom is 0.417 e. The number of nitrogens with zero attached hydrogens (tertiary/aromatic N) is 12. The summed E-state index contributed by atoms with van der Waals surface area (Å²) in [5, 5.41) is 13.3. The normalized spacial score (nSPS) is 10.6. The molecule has 0 unspecified atom stereocenters. The Morgan fingerprint density at radius 1 is 0.545 bits per heavy atom. The second kappa shape index (κ2) is 26.4. The number of nitrogen functional groups attached to an aromatic ring is 2. The molecule has 0 saturated carbocycles. The van der Waals surface area contributed by atoms with Gasteiger partial charge in [0.15, 0.2) is 11.6 Å². The van der Waals surface area contributed by atoms with Gasteiger partial charge in [-0.1, -0.05) is 41.4 Å². The number of aromatic nitrogens is 12. The number of nitrogens with one attached hydrogen (secondary N) is 2. The molecule has 2 amide bonds. The zero-order valence-corrected chi connectivity index (χ0v) is 42.9. The van der Waals surface area contributed by atoms with Crippen LogP contribution in [0, 0.1) is 0 Å². The molecule has 20 nitrogen and oxygen atoms in total. The van der Waals surface area contributed by atoms with Gasteiger partial charge in [-0.05, 0) is 83.9 Å². The zero-order chi connectivity index (χ0) is 54.9. The predicted octanol–water partition coefficient (Wildman–Crippen LogP) is 12.5. The Kier molecular flexibility index (Phi) is 19.0. The van der Waals surface area contributed by atoms with E-state index in [4.69, 9.17) is 72.1 Å². The number of hydrogen-bond acceptors (Lipinski definition) is 16. The molecule has 10 aromatic rings. The van der Waals surface area contributed by atoms with Gasteiger partial charge in [-0.2, -0.15) is 38.3 Å². The van der Waals surface area contributed by atoms with Crippen LogP contribution in [0.2, 0.25) is 20.7 Å². The fourth-order valence-corrected chi connectivity index (χ4v) is 6.80. The van der Waals surface area contributed by atoms with Gasteiger partial charge in [0.1, 0.15) is 22.4 Å². The summed E-state index contributed by atoms with van der Waals surface area (Å²) in [6.07, 6.45) is 8.52. The molecule has 6 N–H and O–H groups in total. The number of halogens is 7. The Hall–Kier alpha value is -9.16. The van der Waals surface area contributed by atoms with Gasteiger partial charge in [0, 0.05) is 110 Å². The van der Waals surface area contributed by atoms with Crippen molar-refractivity contribution in [2.75, 3.05) is 22.1 Å². The van der Waals surface area contributed by atoms with E-state index in [1.807, 2.05) is 25.4 Å². The van der Waals surface area contributed by atoms with Crippen molar-refractivity contribution >= 4 is 75.2 Å². The fraction of sp³-hybridized carbons (Fsp3) is 0.0600. The lowest BCUT2D eigenvalue weighted by Crippen LogP contribution is -2.20. The highest BCUT2D eigenvalue weighted by Gasteiger charge is 2.33.